The van der Waals surface area contributed by atoms with Crippen LogP contribution in [0.3, 0.4) is 0 Å². The Morgan fingerprint density at radius 3 is 0.704 bits per heavy atom. The van der Waals surface area contributed by atoms with Gasteiger partial charge in [-0.15, -0.1) is 0 Å². The Balaban J connectivity index is 0.00000131. The number of benzene rings is 4. The van der Waals surface area contributed by atoms with Crippen molar-refractivity contribution in [2.45, 2.75) is 0 Å². The van der Waals surface area contributed by atoms with Gasteiger partial charge in [0.25, 0.3) is 0 Å². The van der Waals surface area contributed by atoms with Crippen LogP contribution in [0.2, 0.25) is 0 Å². The van der Waals surface area contributed by atoms with Crippen LogP contribution in [0.25, 0.3) is 0 Å². The van der Waals surface area contributed by atoms with Crippen LogP contribution >= 0.6 is 7.26 Å². The Morgan fingerprint density at radius 1 is 0.333 bits per heavy atom. The summed E-state index contributed by atoms with van der Waals surface area (Å²) in [7, 11) is -1.91. The van der Waals surface area contributed by atoms with Gasteiger partial charge in [0, 0.05) is 0 Å². The SMILES string of the molecule is [H+].[I-].[I-].c1ccc([P+](c2ccccc2)(c2ccccc2)c2ccccc2)cc1. The molecule has 0 aliphatic carbocycles. The van der Waals surface area contributed by atoms with Crippen LogP contribution in [0, 0.1) is 0 Å². The van der Waals surface area contributed by atoms with E-state index in [-0.39, 0.29) is 49.4 Å². The van der Waals surface area contributed by atoms with Crippen molar-refractivity contribution in [1.29, 1.82) is 0 Å². The van der Waals surface area contributed by atoms with Gasteiger partial charge in [-0.1, -0.05) is 72.8 Å². The molecule has 4 rings (SSSR count). The molecule has 4 aromatic carbocycles. The standard InChI is InChI=1S/C24H20P.2HI/c1-5-13-21(14-6-1)25(22-15-7-2-8-16-22,23-17-9-3-10-18-23)24-19-11-4-12-20-24;;/h1-20H;2*1H/q+1;;/p-1. The highest BCUT2D eigenvalue weighted by Gasteiger charge is 2.47. The Bertz CT molecular complexity index is 770. The minimum absolute atomic E-state index is 0. The minimum atomic E-state index is -1.91. The van der Waals surface area contributed by atoms with Gasteiger partial charge < -0.3 is 48.0 Å². The van der Waals surface area contributed by atoms with Crippen molar-refractivity contribution in [2.75, 3.05) is 0 Å². The normalized spacial score (nSPS) is 10.4. The summed E-state index contributed by atoms with van der Waals surface area (Å²) >= 11 is 0. The van der Waals surface area contributed by atoms with Crippen LogP contribution in [0.15, 0.2) is 121 Å². The predicted octanol–water partition coefficient (Wildman–Crippen LogP) is -1.57. The molecule has 0 aromatic heterocycles. The second kappa shape index (κ2) is 10.4. The fourth-order valence-corrected chi connectivity index (χ4v) is 7.77. The fraction of sp³-hybridized carbons (Fsp3) is 0. The van der Waals surface area contributed by atoms with Gasteiger partial charge in [-0.3, -0.25) is 0 Å². The third-order valence-corrected chi connectivity index (χ3v) is 8.86. The first kappa shape index (κ1) is 22.1. The topological polar surface area (TPSA) is 0 Å². The van der Waals surface area contributed by atoms with E-state index in [9.17, 15) is 0 Å². The molecule has 0 aliphatic rings. The van der Waals surface area contributed by atoms with E-state index in [2.05, 4.69) is 121 Å². The van der Waals surface area contributed by atoms with E-state index in [1.165, 1.54) is 21.2 Å². The van der Waals surface area contributed by atoms with E-state index in [0.29, 0.717) is 0 Å². The molecule has 0 bridgehead atoms. The molecule has 0 unspecified atom stereocenters. The highest BCUT2D eigenvalue weighted by molar-refractivity contribution is 8.01. The Hall–Kier alpha value is -1.23. The highest BCUT2D eigenvalue weighted by Crippen LogP contribution is 2.53. The largest absolute Gasteiger partial charge is 1.00 e. The van der Waals surface area contributed by atoms with Gasteiger partial charge in [0.2, 0.25) is 0 Å². The predicted molar refractivity (Wildman–Crippen MR) is 112 cm³/mol. The maximum absolute atomic E-state index is 2.28. The molecule has 27 heavy (non-hydrogen) atoms. The molecule has 0 heterocycles. The van der Waals surface area contributed by atoms with E-state index in [1.54, 1.807) is 0 Å². The summed E-state index contributed by atoms with van der Waals surface area (Å²) in [4.78, 5) is 0. The van der Waals surface area contributed by atoms with Gasteiger partial charge in [0.05, 0.1) is 0 Å². The number of hydrogen-bond acceptors (Lipinski definition) is 0. The number of hydrogen-bond donors (Lipinski definition) is 0. The summed E-state index contributed by atoms with van der Waals surface area (Å²) in [5.41, 5.74) is 0. The molecule has 3 heteroatoms. The third-order valence-electron chi connectivity index (χ3n) is 4.57. The van der Waals surface area contributed by atoms with Crippen molar-refractivity contribution >= 4 is 28.5 Å². The van der Waals surface area contributed by atoms with Crippen molar-refractivity contribution in [3.63, 3.8) is 0 Å². The van der Waals surface area contributed by atoms with Crippen molar-refractivity contribution in [3.8, 4) is 0 Å². The van der Waals surface area contributed by atoms with E-state index in [0.717, 1.165) is 0 Å². The summed E-state index contributed by atoms with van der Waals surface area (Å²) in [6, 6.07) is 43.8. The molecule has 0 aliphatic heterocycles. The Kier molecular flexibility index (Phi) is 8.46. The van der Waals surface area contributed by atoms with Crippen LogP contribution < -0.4 is 69.2 Å². The molecule has 0 saturated heterocycles. The van der Waals surface area contributed by atoms with Crippen LogP contribution in [-0.4, -0.2) is 0 Å². The van der Waals surface area contributed by atoms with Gasteiger partial charge in [0.15, 0.2) is 0 Å². The lowest BCUT2D eigenvalue weighted by atomic mass is 10.3. The molecule has 4 aromatic rings. The molecule has 0 saturated carbocycles. The Morgan fingerprint density at radius 2 is 0.519 bits per heavy atom. The lowest BCUT2D eigenvalue weighted by molar-refractivity contribution is -0.00100. The zero-order valence-corrected chi connectivity index (χ0v) is 20.0. The Labute approximate surface area is 197 Å². The van der Waals surface area contributed by atoms with Crippen molar-refractivity contribution in [3.05, 3.63) is 121 Å². The quantitative estimate of drug-likeness (QED) is 0.198. The minimum Gasteiger partial charge on any atom is -1.00 e. The average molecular weight is 594 g/mol. The molecule has 0 N–H and O–H groups in total. The van der Waals surface area contributed by atoms with Gasteiger partial charge >= 0.3 is 1.43 Å². The summed E-state index contributed by atoms with van der Waals surface area (Å²) in [6.45, 7) is 0. The van der Waals surface area contributed by atoms with Crippen molar-refractivity contribution in [1.82, 2.24) is 0 Å². The van der Waals surface area contributed by atoms with Crippen LogP contribution in [0.4, 0.5) is 0 Å². The highest BCUT2D eigenvalue weighted by atomic mass is 127. The monoisotopic (exact) mass is 594 g/mol. The third kappa shape index (κ3) is 4.28. The first-order valence-electron chi connectivity index (χ1n) is 8.54. The van der Waals surface area contributed by atoms with E-state index in [1.807, 2.05) is 0 Å². The molecular formula is C24H21I2P. The van der Waals surface area contributed by atoms with Gasteiger partial charge in [-0.05, 0) is 48.5 Å². The van der Waals surface area contributed by atoms with E-state index >= 15 is 0 Å². The maximum atomic E-state index is 2.28. The first-order valence-corrected chi connectivity index (χ1v) is 10.3. The van der Waals surface area contributed by atoms with Crippen LogP contribution in [0.5, 0.6) is 0 Å². The lowest BCUT2D eigenvalue weighted by Gasteiger charge is -2.27. The average Bonchev–Trinajstić information content (AvgIpc) is 2.72. The second-order valence-electron chi connectivity index (χ2n) is 6.01. The molecule has 0 fully saturated rings. The molecule has 0 spiro atoms. The maximum Gasteiger partial charge on any atom is 1.00 e. The zero-order chi connectivity index (χ0) is 17.0. The van der Waals surface area contributed by atoms with Crippen molar-refractivity contribution < 1.29 is 49.4 Å². The first-order chi connectivity index (χ1) is 12.4. The molecule has 136 valence electrons. The summed E-state index contributed by atoms with van der Waals surface area (Å²) < 4.78 is 0. The zero-order valence-electron chi connectivity index (χ0n) is 15.8. The molecular weight excluding hydrogens is 573 g/mol. The van der Waals surface area contributed by atoms with E-state index in [4.69, 9.17) is 0 Å². The molecule has 0 amide bonds. The van der Waals surface area contributed by atoms with Gasteiger partial charge in [0.1, 0.15) is 28.5 Å². The van der Waals surface area contributed by atoms with Crippen LogP contribution in [0.1, 0.15) is 1.43 Å². The fourth-order valence-electron chi connectivity index (χ4n) is 3.50. The lowest BCUT2D eigenvalue weighted by Crippen LogP contribution is -3.00. The number of rotatable bonds is 4. The second-order valence-corrected chi connectivity index (χ2v) is 9.42. The summed E-state index contributed by atoms with van der Waals surface area (Å²) in [5.74, 6) is 0. The summed E-state index contributed by atoms with van der Waals surface area (Å²) in [5, 5.41) is 5.55. The molecule has 0 nitrogen and oxygen atoms in total. The molecule has 0 atom stereocenters. The van der Waals surface area contributed by atoms with Gasteiger partial charge in [-0.2, -0.15) is 0 Å². The van der Waals surface area contributed by atoms with E-state index < -0.39 is 7.26 Å². The smallest absolute Gasteiger partial charge is 1.00 e. The van der Waals surface area contributed by atoms with Crippen molar-refractivity contribution in [2.24, 2.45) is 0 Å². The molecule has 0 radical (unpaired) electrons. The summed E-state index contributed by atoms with van der Waals surface area (Å²) in [6.07, 6.45) is 0. The van der Waals surface area contributed by atoms with Gasteiger partial charge in [-0.25, -0.2) is 0 Å². The number of halogens is 2. The van der Waals surface area contributed by atoms with Crippen LogP contribution in [-0.2, 0) is 0 Å².